The summed E-state index contributed by atoms with van der Waals surface area (Å²) < 4.78 is 39.2. The minimum absolute atomic E-state index is 0.0309. The lowest BCUT2D eigenvalue weighted by Gasteiger charge is -2.28. The highest BCUT2D eigenvalue weighted by Gasteiger charge is 2.45. The first-order valence-electron chi connectivity index (χ1n) is 6.85. The molecule has 2 heterocycles. The average molecular weight is 355 g/mol. The Morgan fingerprint density at radius 2 is 1.33 bits per heavy atom. The molecule has 0 aliphatic carbocycles. The van der Waals surface area contributed by atoms with E-state index in [4.69, 9.17) is 0 Å². The zero-order chi connectivity index (χ0) is 16.2. The van der Waals surface area contributed by atoms with E-state index < -0.39 is 11.4 Å². The van der Waals surface area contributed by atoms with Crippen molar-refractivity contribution in [2.45, 2.75) is 73.6 Å². The van der Waals surface area contributed by atoms with Crippen LogP contribution in [0.3, 0.4) is 0 Å². The zero-order valence-corrected chi connectivity index (χ0v) is 15.6. The first-order valence-corrected chi connectivity index (χ1v) is 9.54. The molecule has 21 heavy (non-hydrogen) atoms. The molecule has 0 N–H and O–H groups in total. The molecular weight excluding hydrogens is 333 g/mol. The highest BCUT2D eigenvalue weighted by atomic mass is 32.2. The van der Waals surface area contributed by atoms with Crippen molar-refractivity contribution < 1.29 is 13.2 Å². The fraction of sp³-hybridized carbons (Fsp3) is 0.733. The van der Waals surface area contributed by atoms with Gasteiger partial charge in [0.15, 0.2) is 0 Å². The second-order valence-corrected chi connectivity index (χ2v) is 10.6. The van der Waals surface area contributed by atoms with Crippen LogP contribution >= 0.6 is 34.9 Å². The number of thiophene rings is 1. The van der Waals surface area contributed by atoms with Crippen LogP contribution in [0.1, 0.15) is 51.3 Å². The van der Waals surface area contributed by atoms with Gasteiger partial charge < -0.3 is 0 Å². The highest BCUT2D eigenvalue weighted by molar-refractivity contribution is 8.06. The van der Waals surface area contributed by atoms with E-state index in [2.05, 4.69) is 41.5 Å². The maximum Gasteiger partial charge on any atom is 0.401 e. The van der Waals surface area contributed by atoms with Gasteiger partial charge in [-0.3, -0.25) is 0 Å². The molecule has 0 spiro atoms. The van der Waals surface area contributed by atoms with Crippen LogP contribution in [-0.2, 0) is 10.8 Å². The Bertz CT molecular complexity index is 530. The Kier molecular flexibility index (Phi) is 4.49. The van der Waals surface area contributed by atoms with Gasteiger partial charge in [0.2, 0.25) is 0 Å². The van der Waals surface area contributed by atoms with E-state index in [-0.39, 0.29) is 16.6 Å². The third kappa shape index (κ3) is 3.58. The summed E-state index contributed by atoms with van der Waals surface area (Å²) in [6, 6.07) is 0. The van der Waals surface area contributed by atoms with Crippen molar-refractivity contribution >= 4 is 34.9 Å². The van der Waals surface area contributed by atoms with E-state index in [1.54, 1.807) is 11.3 Å². The molecule has 0 bridgehead atoms. The van der Waals surface area contributed by atoms with E-state index >= 15 is 0 Å². The molecule has 1 atom stereocenters. The fourth-order valence-corrected chi connectivity index (χ4v) is 7.04. The quantitative estimate of drug-likeness (QED) is 0.523. The lowest BCUT2D eigenvalue weighted by molar-refractivity contribution is -0.124. The molecule has 0 fully saturated rings. The third-order valence-corrected chi connectivity index (χ3v) is 8.39. The Hall–Kier alpha value is 0.190. The maximum atomic E-state index is 13.1. The largest absolute Gasteiger partial charge is 0.401 e. The maximum absolute atomic E-state index is 13.1. The van der Waals surface area contributed by atoms with E-state index in [0.717, 1.165) is 26.4 Å². The van der Waals surface area contributed by atoms with Crippen molar-refractivity contribution in [1.82, 2.24) is 0 Å². The molecule has 0 saturated carbocycles. The second kappa shape index (κ2) is 5.38. The lowest BCUT2D eigenvalue weighted by Crippen LogP contribution is -2.30. The molecule has 0 radical (unpaired) electrons. The summed E-state index contributed by atoms with van der Waals surface area (Å²) >= 11 is 4.10. The number of thioether (sulfide) groups is 2. The Morgan fingerprint density at radius 3 is 1.76 bits per heavy atom. The van der Waals surface area contributed by atoms with Crippen LogP contribution in [0.5, 0.6) is 0 Å². The smallest absolute Gasteiger partial charge is 0.170 e. The molecule has 120 valence electrons. The number of hydrogen-bond acceptors (Lipinski definition) is 3. The van der Waals surface area contributed by atoms with Gasteiger partial charge in [-0.05, 0) is 10.8 Å². The average Bonchev–Trinajstić information content (AvgIpc) is 2.64. The molecule has 0 nitrogen and oxygen atoms in total. The van der Waals surface area contributed by atoms with E-state index in [1.165, 1.54) is 16.6 Å². The summed E-state index contributed by atoms with van der Waals surface area (Å²) in [5, 5.41) is -1.29. The molecule has 0 saturated heterocycles. The summed E-state index contributed by atoms with van der Waals surface area (Å²) in [4.78, 5) is 4.27. The fourth-order valence-electron chi connectivity index (χ4n) is 2.12. The molecule has 6 heteroatoms. The predicted octanol–water partition coefficient (Wildman–Crippen LogP) is 6.47. The summed E-state index contributed by atoms with van der Waals surface area (Å²) in [5.74, 6) is 0.116. The van der Waals surface area contributed by atoms with Gasteiger partial charge in [-0.2, -0.15) is 13.2 Å². The number of halogens is 3. The van der Waals surface area contributed by atoms with Crippen LogP contribution in [0.2, 0.25) is 0 Å². The monoisotopic (exact) mass is 354 g/mol. The van der Waals surface area contributed by atoms with Gasteiger partial charge in [-0.25, -0.2) is 0 Å². The van der Waals surface area contributed by atoms with Crippen molar-refractivity contribution in [2.75, 3.05) is 5.75 Å². The van der Waals surface area contributed by atoms with Gasteiger partial charge in [-0.15, -0.1) is 34.9 Å². The van der Waals surface area contributed by atoms with Crippen LogP contribution in [0.15, 0.2) is 9.79 Å². The van der Waals surface area contributed by atoms with Gasteiger partial charge in [0.1, 0.15) is 5.25 Å². The van der Waals surface area contributed by atoms with Crippen LogP contribution in [-0.4, -0.2) is 17.2 Å². The van der Waals surface area contributed by atoms with Crippen LogP contribution in [0.25, 0.3) is 0 Å². The zero-order valence-electron chi connectivity index (χ0n) is 13.1. The summed E-state index contributed by atoms with van der Waals surface area (Å²) in [5.41, 5.74) is -0.157. The van der Waals surface area contributed by atoms with Crippen molar-refractivity contribution in [2.24, 2.45) is 0 Å². The molecule has 1 aromatic rings. The number of alkyl halides is 3. The highest BCUT2D eigenvalue weighted by Crippen LogP contribution is 2.56. The number of hydrogen-bond donors (Lipinski definition) is 0. The molecule has 0 aromatic carbocycles. The van der Waals surface area contributed by atoms with Gasteiger partial charge in [-0.1, -0.05) is 41.5 Å². The molecule has 0 amide bonds. The topological polar surface area (TPSA) is 0 Å². The third-order valence-electron chi connectivity index (χ3n) is 3.19. The van der Waals surface area contributed by atoms with Gasteiger partial charge in [0, 0.05) is 25.3 Å². The predicted molar refractivity (Wildman–Crippen MR) is 88.1 cm³/mol. The van der Waals surface area contributed by atoms with Crippen molar-refractivity contribution in [3.63, 3.8) is 0 Å². The summed E-state index contributed by atoms with van der Waals surface area (Å²) in [6.07, 6.45) is -4.13. The Labute approximate surface area is 137 Å². The van der Waals surface area contributed by atoms with Gasteiger partial charge >= 0.3 is 6.18 Å². The summed E-state index contributed by atoms with van der Waals surface area (Å²) in [6.45, 7) is 12.6. The molecule has 1 unspecified atom stereocenters. The number of fused-ring (bicyclic) bond motifs is 1. The van der Waals surface area contributed by atoms with Crippen LogP contribution < -0.4 is 0 Å². The van der Waals surface area contributed by atoms with Crippen molar-refractivity contribution in [3.05, 3.63) is 9.75 Å². The lowest BCUT2D eigenvalue weighted by atomic mass is 9.93. The molecule has 1 aliphatic rings. The Morgan fingerprint density at radius 1 is 0.857 bits per heavy atom. The van der Waals surface area contributed by atoms with Gasteiger partial charge in [0.05, 0.1) is 0 Å². The normalized spacial score (nSPS) is 20.5. The molecule has 1 aliphatic heterocycles. The number of rotatable bonds is 0. The van der Waals surface area contributed by atoms with Crippen LogP contribution in [0.4, 0.5) is 13.2 Å². The molecular formula is C15H21F3S3. The molecule has 2 rings (SSSR count). The Balaban J connectivity index is 2.54. The van der Waals surface area contributed by atoms with E-state index in [1.807, 2.05) is 0 Å². The summed E-state index contributed by atoms with van der Waals surface area (Å²) in [7, 11) is 0. The minimum Gasteiger partial charge on any atom is -0.170 e. The van der Waals surface area contributed by atoms with Gasteiger partial charge in [0.25, 0.3) is 0 Å². The molecule has 1 aromatic heterocycles. The second-order valence-electron chi connectivity index (χ2n) is 7.38. The van der Waals surface area contributed by atoms with E-state index in [9.17, 15) is 13.2 Å². The first kappa shape index (κ1) is 17.5. The SMILES string of the molecule is CC(C)(C)c1sc(C(C)(C)C)c2c1SCC(C(F)(F)F)S2. The minimum atomic E-state index is -4.13. The standard InChI is InChI=1S/C15H21F3S3/c1-13(2,3)11-9-10(12(21-11)14(4,5)6)20-8(7-19-9)15(16,17)18/h8H,7H2,1-6H3. The van der Waals surface area contributed by atoms with Crippen molar-refractivity contribution in [3.8, 4) is 0 Å². The first-order chi connectivity index (χ1) is 9.32. The van der Waals surface area contributed by atoms with E-state index in [0.29, 0.717) is 0 Å². The van der Waals surface area contributed by atoms with Crippen LogP contribution in [0, 0.1) is 0 Å². The van der Waals surface area contributed by atoms with Crippen molar-refractivity contribution in [1.29, 1.82) is 0 Å².